The maximum Gasteiger partial charge on any atom is 0.0409 e. The van der Waals surface area contributed by atoms with Crippen LogP contribution in [-0.2, 0) is 6.54 Å². The second-order valence-corrected chi connectivity index (χ2v) is 5.16. The summed E-state index contributed by atoms with van der Waals surface area (Å²) in [5.41, 5.74) is 2.41. The molecule has 0 amide bonds. The van der Waals surface area contributed by atoms with E-state index in [0.29, 0.717) is 0 Å². The molecule has 0 aliphatic rings. The van der Waals surface area contributed by atoms with Gasteiger partial charge in [-0.25, -0.2) is 0 Å². The van der Waals surface area contributed by atoms with E-state index in [0.717, 1.165) is 16.6 Å². The lowest BCUT2D eigenvalue weighted by Gasteiger charge is -2.14. The monoisotopic (exact) mass is 279 g/mol. The molecule has 0 spiro atoms. The summed E-state index contributed by atoms with van der Waals surface area (Å²) < 4.78 is 0. The summed E-state index contributed by atoms with van der Waals surface area (Å²) in [7, 11) is 0. The molecular weight excluding hydrogens is 265 g/mol. The van der Waals surface area contributed by atoms with Crippen LogP contribution in [-0.4, -0.2) is 0 Å². The molecule has 0 fully saturated rings. The van der Waals surface area contributed by atoms with Gasteiger partial charge in [0.1, 0.15) is 0 Å². The van der Waals surface area contributed by atoms with Gasteiger partial charge in [-0.15, -0.1) is 0 Å². The van der Waals surface area contributed by atoms with Crippen LogP contribution in [0.1, 0.15) is 24.1 Å². The molecule has 0 radical (unpaired) electrons. The summed E-state index contributed by atoms with van der Waals surface area (Å²) in [6.45, 7) is 2.94. The van der Waals surface area contributed by atoms with E-state index in [1.807, 2.05) is 42.5 Å². The Bertz CT molecular complexity index is 508. The highest BCUT2D eigenvalue weighted by Gasteiger charge is 2.05. The molecule has 18 heavy (non-hydrogen) atoms. The Morgan fingerprint density at radius 2 is 1.72 bits per heavy atom. The quantitative estimate of drug-likeness (QED) is 0.844. The van der Waals surface area contributed by atoms with Crippen molar-refractivity contribution in [3.8, 4) is 0 Å². The van der Waals surface area contributed by atoms with Gasteiger partial charge in [0.05, 0.1) is 0 Å². The summed E-state index contributed by atoms with van der Waals surface area (Å²) in [6, 6.07) is 16.0. The van der Waals surface area contributed by atoms with Gasteiger partial charge in [-0.3, -0.25) is 0 Å². The molecule has 1 nitrogen and oxygen atoms in total. The Labute approximate surface area is 118 Å². The highest BCUT2D eigenvalue weighted by Crippen LogP contribution is 2.18. The van der Waals surface area contributed by atoms with Crippen LogP contribution in [0.4, 0.5) is 0 Å². The second kappa shape index (κ2) is 6.24. The molecule has 0 unspecified atom stereocenters. The van der Waals surface area contributed by atoms with Crippen molar-refractivity contribution in [2.45, 2.75) is 19.5 Å². The zero-order valence-electron chi connectivity index (χ0n) is 10.2. The van der Waals surface area contributed by atoms with Gasteiger partial charge in [-0.05, 0) is 42.3 Å². The van der Waals surface area contributed by atoms with Crippen LogP contribution in [0.25, 0.3) is 0 Å². The van der Waals surface area contributed by atoms with Gasteiger partial charge in [0.2, 0.25) is 0 Å². The van der Waals surface area contributed by atoms with Crippen LogP contribution in [0, 0.1) is 0 Å². The summed E-state index contributed by atoms with van der Waals surface area (Å²) in [5.74, 6) is 0. The van der Waals surface area contributed by atoms with Gasteiger partial charge in [0, 0.05) is 22.6 Å². The highest BCUT2D eigenvalue weighted by atomic mass is 35.5. The minimum absolute atomic E-state index is 0.263. The number of hydrogen-bond donors (Lipinski definition) is 1. The lowest BCUT2D eigenvalue weighted by molar-refractivity contribution is 0.575. The molecule has 2 aromatic rings. The first-order valence-electron chi connectivity index (χ1n) is 5.88. The van der Waals surface area contributed by atoms with Crippen molar-refractivity contribution < 1.29 is 0 Å². The third-order valence-corrected chi connectivity index (χ3v) is 3.36. The van der Waals surface area contributed by atoms with Crippen LogP contribution in [0.2, 0.25) is 10.0 Å². The molecule has 1 N–H and O–H groups in total. The normalized spacial score (nSPS) is 12.4. The van der Waals surface area contributed by atoms with E-state index in [-0.39, 0.29) is 6.04 Å². The Morgan fingerprint density at radius 3 is 2.39 bits per heavy atom. The number of benzene rings is 2. The fourth-order valence-corrected chi connectivity index (χ4v) is 2.09. The molecule has 0 heterocycles. The van der Waals surface area contributed by atoms with E-state index < -0.39 is 0 Å². The maximum absolute atomic E-state index is 5.98. The molecule has 0 saturated carbocycles. The minimum Gasteiger partial charge on any atom is -0.306 e. The van der Waals surface area contributed by atoms with Crippen molar-refractivity contribution in [1.82, 2.24) is 5.32 Å². The Kier molecular flexibility index (Phi) is 4.65. The summed E-state index contributed by atoms with van der Waals surface area (Å²) in [5, 5.41) is 5.00. The van der Waals surface area contributed by atoms with Crippen molar-refractivity contribution in [3.63, 3.8) is 0 Å². The van der Waals surface area contributed by atoms with Crippen LogP contribution in [0.15, 0.2) is 48.5 Å². The van der Waals surface area contributed by atoms with Gasteiger partial charge in [-0.2, -0.15) is 0 Å². The first-order valence-corrected chi connectivity index (χ1v) is 6.64. The predicted octanol–water partition coefficient (Wildman–Crippen LogP) is 4.84. The fraction of sp³-hybridized carbons (Fsp3) is 0.200. The van der Waals surface area contributed by atoms with E-state index in [1.165, 1.54) is 11.1 Å². The average Bonchev–Trinajstić information content (AvgIpc) is 2.38. The third kappa shape index (κ3) is 3.74. The summed E-state index contributed by atoms with van der Waals surface area (Å²) in [4.78, 5) is 0. The van der Waals surface area contributed by atoms with Crippen molar-refractivity contribution in [2.24, 2.45) is 0 Å². The second-order valence-electron chi connectivity index (χ2n) is 4.28. The number of halogens is 2. The van der Waals surface area contributed by atoms with Gasteiger partial charge >= 0.3 is 0 Å². The molecule has 94 valence electrons. The number of rotatable bonds is 4. The maximum atomic E-state index is 5.98. The molecule has 0 aromatic heterocycles. The Hall–Kier alpha value is -1.02. The molecule has 0 saturated heterocycles. The SMILES string of the molecule is C[C@H](NCc1ccc(Cl)cc1)c1cccc(Cl)c1. The van der Waals surface area contributed by atoms with E-state index in [1.54, 1.807) is 0 Å². The molecule has 3 heteroatoms. The van der Waals surface area contributed by atoms with Crippen LogP contribution in [0.5, 0.6) is 0 Å². The molecule has 2 rings (SSSR count). The molecule has 0 aliphatic heterocycles. The zero-order chi connectivity index (χ0) is 13.0. The van der Waals surface area contributed by atoms with Gasteiger partial charge in [-0.1, -0.05) is 47.5 Å². The van der Waals surface area contributed by atoms with Crippen LogP contribution < -0.4 is 5.32 Å². The molecular formula is C15H15Cl2N. The van der Waals surface area contributed by atoms with E-state index >= 15 is 0 Å². The van der Waals surface area contributed by atoms with Crippen molar-refractivity contribution in [1.29, 1.82) is 0 Å². The fourth-order valence-electron chi connectivity index (χ4n) is 1.77. The van der Waals surface area contributed by atoms with E-state index in [9.17, 15) is 0 Å². The van der Waals surface area contributed by atoms with Gasteiger partial charge < -0.3 is 5.32 Å². The molecule has 2 aromatic carbocycles. The first kappa shape index (κ1) is 13.4. The van der Waals surface area contributed by atoms with Crippen molar-refractivity contribution in [3.05, 3.63) is 69.7 Å². The van der Waals surface area contributed by atoms with Crippen LogP contribution in [0.3, 0.4) is 0 Å². The Morgan fingerprint density at radius 1 is 1.00 bits per heavy atom. The smallest absolute Gasteiger partial charge is 0.0409 e. The van der Waals surface area contributed by atoms with E-state index in [2.05, 4.69) is 18.3 Å². The largest absolute Gasteiger partial charge is 0.306 e. The highest BCUT2D eigenvalue weighted by molar-refractivity contribution is 6.30. The topological polar surface area (TPSA) is 12.0 Å². The van der Waals surface area contributed by atoms with Gasteiger partial charge in [0.15, 0.2) is 0 Å². The summed E-state index contributed by atoms with van der Waals surface area (Å²) in [6.07, 6.45) is 0. The van der Waals surface area contributed by atoms with Gasteiger partial charge in [0.25, 0.3) is 0 Å². The number of nitrogens with one attached hydrogen (secondary N) is 1. The lowest BCUT2D eigenvalue weighted by Crippen LogP contribution is -2.17. The zero-order valence-corrected chi connectivity index (χ0v) is 11.7. The predicted molar refractivity (Wildman–Crippen MR) is 78.2 cm³/mol. The lowest BCUT2D eigenvalue weighted by atomic mass is 10.1. The minimum atomic E-state index is 0.263. The van der Waals surface area contributed by atoms with Crippen molar-refractivity contribution >= 4 is 23.2 Å². The summed E-state index contributed by atoms with van der Waals surface area (Å²) >= 11 is 11.8. The molecule has 0 aliphatic carbocycles. The molecule has 1 atom stereocenters. The van der Waals surface area contributed by atoms with Crippen molar-refractivity contribution in [2.75, 3.05) is 0 Å². The van der Waals surface area contributed by atoms with E-state index in [4.69, 9.17) is 23.2 Å². The number of hydrogen-bond acceptors (Lipinski definition) is 1. The standard InChI is InChI=1S/C15H15Cl2N/c1-11(13-3-2-4-15(17)9-13)18-10-12-5-7-14(16)8-6-12/h2-9,11,18H,10H2,1H3/t11-/m0/s1. The third-order valence-electron chi connectivity index (χ3n) is 2.87. The Balaban J connectivity index is 1.96. The average molecular weight is 280 g/mol. The van der Waals surface area contributed by atoms with Crippen LogP contribution >= 0.6 is 23.2 Å². The molecule has 0 bridgehead atoms. The first-order chi connectivity index (χ1) is 8.65.